The van der Waals surface area contributed by atoms with Crippen molar-refractivity contribution in [3.05, 3.63) is 82.9 Å². The molecule has 1 unspecified atom stereocenters. The van der Waals surface area contributed by atoms with E-state index in [4.69, 9.17) is 15.2 Å². The molecule has 182 valence electrons. The van der Waals surface area contributed by atoms with Crippen molar-refractivity contribution in [3.8, 4) is 22.6 Å². The molecule has 0 fully saturated rings. The number of aryl methyl sites for hydroxylation is 1. The molecule has 0 bridgehead atoms. The topological polar surface area (TPSA) is 81.9 Å². The largest absolute Gasteiger partial charge is 0.425 e. The standard InChI is InChI=1S/C22H24N2O4.C7H8/c1-24-11-9-14-4-2-5-16-20(14)17(24)12-15-7-8-18(27-13-25)22(21(15)16)28-19(26)6-3-10-23;1-7-5-3-2-4-6-7/h2,4-5,7-8,13,17H,3,6,9-12,23H2,1H3;2-6H,1H3. The maximum Gasteiger partial charge on any atom is 0.311 e. The van der Waals surface area contributed by atoms with Gasteiger partial charge in [-0.3, -0.25) is 14.5 Å². The molecule has 1 aliphatic carbocycles. The average Bonchev–Trinajstić information content (AvgIpc) is 2.87. The lowest BCUT2D eigenvalue weighted by Crippen LogP contribution is -2.35. The second-order valence-corrected chi connectivity index (χ2v) is 8.99. The fraction of sp³-hybridized carbons (Fsp3) is 0.310. The van der Waals surface area contributed by atoms with E-state index in [2.05, 4.69) is 43.1 Å². The molecule has 6 heteroatoms. The first-order valence-corrected chi connectivity index (χ1v) is 12.0. The van der Waals surface area contributed by atoms with Crippen LogP contribution in [0.2, 0.25) is 0 Å². The van der Waals surface area contributed by atoms with Crippen molar-refractivity contribution in [2.75, 3.05) is 20.1 Å². The SMILES string of the molecule is CN1CCc2cccc3c2C1Cc1ccc(OC=O)c(OC(=O)CCCN)c1-3.Cc1ccccc1. The van der Waals surface area contributed by atoms with Gasteiger partial charge in [0, 0.05) is 24.6 Å². The molecule has 6 nitrogen and oxygen atoms in total. The van der Waals surface area contributed by atoms with E-state index in [-0.39, 0.29) is 18.1 Å². The Morgan fingerprint density at radius 2 is 1.89 bits per heavy atom. The summed E-state index contributed by atoms with van der Waals surface area (Å²) in [4.78, 5) is 25.7. The molecule has 0 amide bonds. The molecule has 0 radical (unpaired) electrons. The van der Waals surface area contributed by atoms with Gasteiger partial charge < -0.3 is 15.2 Å². The number of hydrogen-bond donors (Lipinski definition) is 1. The van der Waals surface area contributed by atoms with E-state index in [1.807, 2.05) is 30.3 Å². The summed E-state index contributed by atoms with van der Waals surface area (Å²) in [6.45, 7) is 3.88. The van der Waals surface area contributed by atoms with E-state index in [0.29, 0.717) is 31.2 Å². The molecular weight excluding hydrogens is 440 g/mol. The first kappa shape index (κ1) is 24.6. The minimum atomic E-state index is -0.376. The first-order valence-electron chi connectivity index (χ1n) is 12.0. The van der Waals surface area contributed by atoms with Gasteiger partial charge in [-0.15, -0.1) is 0 Å². The van der Waals surface area contributed by atoms with E-state index in [0.717, 1.165) is 36.1 Å². The minimum absolute atomic E-state index is 0.221. The lowest BCUT2D eigenvalue weighted by molar-refractivity contribution is -0.134. The van der Waals surface area contributed by atoms with E-state index in [1.165, 1.54) is 16.7 Å². The lowest BCUT2D eigenvalue weighted by Gasteiger charge is -2.40. The van der Waals surface area contributed by atoms with E-state index < -0.39 is 0 Å². The average molecular weight is 473 g/mol. The second kappa shape index (κ2) is 11.3. The van der Waals surface area contributed by atoms with E-state index in [9.17, 15) is 9.59 Å². The number of rotatable bonds is 6. The van der Waals surface area contributed by atoms with Crippen LogP contribution < -0.4 is 15.2 Å². The molecule has 5 rings (SSSR count). The zero-order valence-corrected chi connectivity index (χ0v) is 20.3. The van der Waals surface area contributed by atoms with Crippen LogP contribution in [-0.2, 0) is 22.4 Å². The molecule has 2 N–H and O–H groups in total. The quantitative estimate of drug-likeness (QED) is 0.320. The zero-order chi connectivity index (χ0) is 24.8. The van der Waals surface area contributed by atoms with Gasteiger partial charge in [-0.05, 0) is 68.1 Å². The van der Waals surface area contributed by atoms with Crippen molar-refractivity contribution < 1.29 is 19.1 Å². The number of likely N-dealkylation sites (N-methyl/N-ethyl adjacent to an activating group) is 1. The fourth-order valence-corrected chi connectivity index (χ4v) is 4.84. The Morgan fingerprint density at radius 3 is 2.57 bits per heavy atom. The molecular formula is C29H32N2O4. The Balaban J connectivity index is 0.000000356. The normalized spacial score (nSPS) is 15.7. The van der Waals surface area contributed by atoms with Crippen molar-refractivity contribution >= 4 is 12.4 Å². The number of nitrogens with two attached hydrogens (primary N) is 1. The molecule has 0 spiro atoms. The number of benzene rings is 3. The number of hydrogen-bond acceptors (Lipinski definition) is 6. The number of fused-ring (bicyclic) bond motifs is 2. The van der Waals surface area contributed by atoms with Crippen molar-refractivity contribution in [1.82, 2.24) is 4.90 Å². The molecule has 0 saturated carbocycles. The van der Waals surface area contributed by atoms with Crippen LogP contribution >= 0.6 is 0 Å². The van der Waals surface area contributed by atoms with Crippen molar-refractivity contribution in [2.45, 2.75) is 38.6 Å². The molecule has 3 aromatic rings. The van der Waals surface area contributed by atoms with Crippen LogP contribution in [0.1, 0.15) is 41.1 Å². The van der Waals surface area contributed by atoms with E-state index in [1.54, 1.807) is 6.07 Å². The van der Waals surface area contributed by atoms with Gasteiger partial charge in [0.1, 0.15) is 0 Å². The van der Waals surface area contributed by atoms with Gasteiger partial charge in [-0.1, -0.05) is 60.2 Å². The van der Waals surface area contributed by atoms with Gasteiger partial charge in [0.2, 0.25) is 0 Å². The molecule has 1 atom stereocenters. The number of nitrogens with zero attached hydrogens (tertiary/aromatic N) is 1. The molecule has 0 aromatic heterocycles. The van der Waals surface area contributed by atoms with Crippen LogP contribution in [0.25, 0.3) is 11.1 Å². The summed E-state index contributed by atoms with van der Waals surface area (Å²) < 4.78 is 10.9. The summed E-state index contributed by atoms with van der Waals surface area (Å²) in [5, 5.41) is 0. The van der Waals surface area contributed by atoms with E-state index >= 15 is 0 Å². The number of carbonyl (C=O) groups excluding carboxylic acids is 2. The van der Waals surface area contributed by atoms with Gasteiger partial charge in [0.25, 0.3) is 6.47 Å². The predicted octanol–water partition coefficient (Wildman–Crippen LogP) is 4.61. The third-order valence-corrected chi connectivity index (χ3v) is 6.60. The molecule has 35 heavy (non-hydrogen) atoms. The first-order chi connectivity index (χ1) is 17.0. The second-order valence-electron chi connectivity index (χ2n) is 8.99. The van der Waals surface area contributed by atoms with Gasteiger partial charge in [-0.25, -0.2) is 0 Å². The van der Waals surface area contributed by atoms with Crippen LogP contribution in [0.15, 0.2) is 60.7 Å². The van der Waals surface area contributed by atoms with Crippen molar-refractivity contribution in [1.29, 1.82) is 0 Å². The number of esters is 1. The van der Waals surface area contributed by atoms with Crippen LogP contribution in [-0.4, -0.2) is 37.5 Å². The zero-order valence-electron chi connectivity index (χ0n) is 20.3. The summed E-state index contributed by atoms with van der Waals surface area (Å²) in [5.41, 5.74) is 12.4. The molecule has 3 aromatic carbocycles. The molecule has 0 saturated heterocycles. The van der Waals surface area contributed by atoms with Crippen LogP contribution in [0.5, 0.6) is 11.5 Å². The third kappa shape index (κ3) is 5.45. The smallest absolute Gasteiger partial charge is 0.311 e. The summed E-state index contributed by atoms with van der Waals surface area (Å²) >= 11 is 0. The Bertz CT molecular complexity index is 1190. The minimum Gasteiger partial charge on any atom is -0.425 e. The Kier molecular flexibility index (Phi) is 7.95. The number of ether oxygens (including phenoxy) is 2. The summed E-state index contributed by atoms with van der Waals surface area (Å²) in [6.07, 6.45) is 2.58. The van der Waals surface area contributed by atoms with Gasteiger partial charge in [0.05, 0.1) is 0 Å². The summed E-state index contributed by atoms with van der Waals surface area (Å²) in [6, 6.07) is 20.5. The summed E-state index contributed by atoms with van der Waals surface area (Å²) in [5.74, 6) is 0.209. The lowest BCUT2D eigenvalue weighted by atomic mass is 9.77. The number of carbonyl (C=O) groups is 2. The summed E-state index contributed by atoms with van der Waals surface area (Å²) in [7, 11) is 2.15. The van der Waals surface area contributed by atoms with Gasteiger partial charge in [0.15, 0.2) is 11.5 Å². The van der Waals surface area contributed by atoms with Gasteiger partial charge in [-0.2, -0.15) is 0 Å². The Morgan fingerprint density at radius 1 is 1.09 bits per heavy atom. The van der Waals surface area contributed by atoms with Crippen LogP contribution in [0, 0.1) is 6.92 Å². The fourth-order valence-electron chi connectivity index (χ4n) is 4.84. The van der Waals surface area contributed by atoms with Crippen LogP contribution in [0.3, 0.4) is 0 Å². The highest BCUT2D eigenvalue weighted by molar-refractivity contribution is 5.86. The highest BCUT2D eigenvalue weighted by atomic mass is 16.6. The highest BCUT2D eigenvalue weighted by Crippen LogP contribution is 2.50. The van der Waals surface area contributed by atoms with Crippen molar-refractivity contribution in [3.63, 3.8) is 0 Å². The van der Waals surface area contributed by atoms with Crippen LogP contribution in [0.4, 0.5) is 0 Å². The maximum atomic E-state index is 12.3. The van der Waals surface area contributed by atoms with Crippen molar-refractivity contribution in [2.24, 2.45) is 5.73 Å². The third-order valence-electron chi connectivity index (χ3n) is 6.60. The monoisotopic (exact) mass is 472 g/mol. The molecule has 2 aliphatic rings. The highest BCUT2D eigenvalue weighted by Gasteiger charge is 2.35. The Hall–Kier alpha value is -3.48. The predicted molar refractivity (Wildman–Crippen MR) is 136 cm³/mol. The molecule has 1 heterocycles. The van der Waals surface area contributed by atoms with Gasteiger partial charge >= 0.3 is 5.97 Å². The molecule has 1 aliphatic heterocycles. The maximum absolute atomic E-state index is 12.3. The Labute approximate surface area is 206 Å².